The van der Waals surface area contributed by atoms with Crippen molar-refractivity contribution in [3.05, 3.63) is 67.3 Å². The van der Waals surface area contributed by atoms with E-state index in [0.717, 1.165) is 35.7 Å². The molecule has 0 unspecified atom stereocenters. The zero-order valence-corrected chi connectivity index (χ0v) is 16.7. The van der Waals surface area contributed by atoms with Crippen molar-refractivity contribution in [3.63, 3.8) is 0 Å². The maximum atomic E-state index is 12.2. The minimum absolute atomic E-state index is 0.326. The van der Waals surface area contributed by atoms with Crippen molar-refractivity contribution in [1.82, 2.24) is 19.6 Å². The molecule has 156 valence electrons. The van der Waals surface area contributed by atoms with Crippen LogP contribution in [0, 0.1) is 0 Å². The van der Waals surface area contributed by atoms with Crippen LogP contribution >= 0.6 is 0 Å². The van der Waals surface area contributed by atoms with Crippen LogP contribution in [-0.4, -0.2) is 51.9 Å². The average Bonchev–Trinajstić information content (AvgIpc) is 3.29. The molecule has 2 N–H and O–H groups in total. The van der Waals surface area contributed by atoms with Gasteiger partial charge < -0.3 is 20.3 Å². The van der Waals surface area contributed by atoms with Crippen LogP contribution in [0.25, 0.3) is 16.9 Å². The number of benzene rings is 1. The molecule has 2 amide bonds. The van der Waals surface area contributed by atoms with E-state index in [1.54, 1.807) is 35.2 Å². The van der Waals surface area contributed by atoms with Crippen molar-refractivity contribution < 1.29 is 9.53 Å². The summed E-state index contributed by atoms with van der Waals surface area (Å²) < 4.78 is 7.28. The number of nitrogens with one attached hydrogen (secondary N) is 2. The molecular weight excluding hydrogens is 394 g/mol. The van der Waals surface area contributed by atoms with E-state index in [0.29, 0.717) is 24.6 Å². The number of rotatable bonds is 4. The number of urea groups is 1. The fourth-order valence-electron chi connectivity index (χ4n) is 3.53. The lowest BCUT2D eigenvalue weighted by molar-refractivity contribution is 0.123. The Morgan fingerprint density at radius 2 is 1.81 bits per heavy atom. The SMILES string of the molecule is O=C(Nc1ccc(-c2cc(N3CCOCC3)c3nccn3n2)cc1)Nc1cccnc1. The first-order chi connectivity index (χ1) is 15.3. The van der Waals surface area contributed by atoms with Crippen molar-refractivity contribution in [2.45, 2.75) is 0 Å². The second kappa shape index (κ2) is 8.41. The molecule has 31 heavy (non-hydrogen) atoms. The van der Waals surface area contributed by atoms with Crippen molar-refractivity contribution in [2.24, 2.45) is 0 Å². The Labute approximate surface area is 178 Å². The van der Waals surface area contributed by atoms with Crippen molar-refractivity contribution in [2.75, 3.05) is 41.8 Å². The van der Waals surface area contributed by atoms with Crippen LogP contribution in [0.15, 0.2) is 67.3 Å². The summed E-state index contributed by atoms with van der Waals surface area (Å²) in [6, 6.07) is 12.9. The number of hydrogen-bond donors (Lipinski definition) is 2. The van der Waals surface area contributed by atoms with Gasteiger partial charge in [0.25, 0.3) is 0 Å². The molecule has 0 saturated carbocycles. The Bertz CT molecular complexity index is 1190. The van der Waals surface area contributed by atoms with Gasteiger partial charge in [0.05, 0.1) is 36.5 Å². The van der Waals surface area contributed by atoms with Gasteiger partial charge in [-0.15, -0.1) is 0 Å². The predicted molar refractivity (Wildman–Crippen MR) is 118 cm³/mol. The summed E-state index contributed by atoms with van der Waals surface area (Å²) in [6.45, 7) is 3.04. The highest BCUT2D eigenvalue weighted by atomic mass is 16.5. The second-order valence-electron chi connectivity index (χ2n) is 7.11. The number of pyridine rings is 1. The number of morpholine rings is 1. The number of ether oxygens (including phenoxy) is 1. The summed E-state index contributed by atoms with van der Waals surface area (Å²) in [4.78, 5) is 22.9. The Hall–Kier alpha value is -3.98. The third kappa shape index (κ3) is 4.17. The van der Waals surface area contributed by atoms with Gasteiger partial charge >= 0.3 is 6.03 Å². The van der Waals surface area contributed by atoms with Gasteiger partial charge in [-0.05, 0) is 30.3 Å². The summed E-state index contributed by atoms with van der Waals surface area (Å²) in [5, 5.41) is 10.3. The molecule has 0 aliphatic carbocycles. The molecule has 5 rings (SSSR count). The van der Waals surface area contributed by atoms with E-state index >= 15 is 0 Å². The summed E-state index contributed by atoms with van der Waals surface area (Å²) in [7, 11) is 0. The summed E-state index contributed by atoms with van der Waals surface area (Å²) >= 11 is 0. The molecule has 1 aliphatic rings. The third-order valence-corrected chi connectivity index (χ3v) is 5.05. The average molecular weight is 415 g/mol. The number of imidazole rings is 1. The molecular formula is C22H21N7O2. The quantitative estimate of drug-likeness (QED) is 0.531. The van der Waals surface area contributed by atoms with Gasteiger partial charge in [0.15, 0.2) is 5.65 Å². The fraction of sp³-hybridized carbons (Fsp3) is 0.182. The third-order valence-electron chi connectivity index (χ3n) is 5.05. The van der Waals surface area contributed by atoms with E-state index in [1.165, 1.54) is 0 Å². The van der Waals surface area contributed by atoms with Gasteiger partial charge in [-0.1, -0.05) is 12.1 Å². The molecule has 1 aromatic carbocycles. The molecule has 9 nitrogen and oxygen atoms in total. The molecule has 0 bridgehead atoms. The van der Waals surface area contributed by atoms with Crippen LogP contribution in [0.2, 0.25) is 0 Å². The zero-order valence-electron chi connectivity index (χ0n) is 16.7. The molecule has 0 radical (unpaired) electrons. The molecule has 4 aromatic rings. The van der Waals surface area contributed by atoms with Crippen molar-refractivity contribution in [3.8, 4) is 11.3 Å². The first-order valence-electron chi connectivity index (χ1n) is 10.0. The standard InChI is InChI=1S/C22H21N7O2/c30-22(26-18-2-1-7-23-15-18)25-17-5-3-16(4-6-17)19-14-20(28-10-12-31-13-11-28)21-24-8-9-29(21)27-19/h1-9,14-15H,10-13H2,(H2,25,26,30). The minimum Gasteiger partial charge on any atom is -0.378 e. The van der Waals surface area contributed by atoms with Crippen LogP contribution < -0.4 is 15.5 Å². The summed E-state index contributed by atoms with van der Waals surface area (Å²) in [6.07, 6.45) is 6.85. The second-order valence-corrected chi connectivity index (χ2v) is 7.11. The number of fused-ring (bicyclic) bond motifs is 1. The molecule has 4 heterocycles. The molecule has 1 saturated heterocycles. The first kappa shape index (κ1) is 19.0. The van der Waals surface area contributed by atoms with E-state index in [1.807, 2.05) is 30.5 Å². The number of nitrogens with zero attached hydrogens (tertiary/aromatic N) is 5. The minimum atomic E-state index is -0.326. The Morgan fingerprint density at radius 1 is 1.00 bits per heavy atom. The summed E-state index contributed by atoms with van der Waals surface area (Å²) in [5.41, 5.74) is 4.96. The molecule has 0 spiro atoms. The molecule has 9 heteroatoms. The Balaban J connectivity index is 1.36. The van der Waals surface area contributed by atoms with E-state index in [9.17, 15) is 4.79 Å². The fourth-order valence-corrected chi connectivity index (χ4v) is 3.53. The molecule has 0 atom stereocenters. The first-order valence-corrected chi connectivity index (χ1v) is 10.0. The number of carbonyl (C=O) groups excluding carboxylic acids is 1. The van der Waals surface area contributed by atoms with Crippen LogP contribution in [0.3, 0.4) is 0 Å². The molecule has 3 aromatic heterocycles. The highest BCUT2D eigenvalue weighted by Crippen LogP contribution is 2.27. The van der Waals surface area contributed by atoms with E-state index in [2.05, 4.69) is 31.6 Å². The van der Waals surface area contributed by atoms with Gasteiger partial charge in [0, 0.05) is 42.9 Å². The lowest BCUT2D eigenvalue weighted by Crippen LogP contribution is -2.36. The van der Waals surface area contributed by atoms with E-state index in [4.69, 9.17) is 9.84 Å². The smallest absolute Gasteiger partial charge is 0.323 e. The Morgan fingerprint density at radius 3 is 2.58 bits per heavy atom. The van der Waals surface area contributed by atoms with Crippen molar-refractivity contribution >= 4 is 28.7 Å². The van der Waals surface area contributed by atoms with Gasteiger partial charge in [0.1, 0.15) is 0 Å². The predicted octanol–water partition coefficient (Wildman–Crippen LogP) is 3.27. The number of carbonyl (C=O) groups is 1. The topological polar surface area (TPSA) is 96.7 Å². The van der Waals surface area contributed by atoms with Gasteiger partial charge in [-0.3, -0.25) is 4.98 Å². The highest BCUT2D eigenvalue weighted by molar-refractivity contribution is 5.99. The lowest BCUT2D eigenvalue weighted by Gasteiger charge is -2.29. The maximum absolute atomic E-state index is 12.2. The molecule has 1 fully saturated rings. The zero-order chi connectivity index (χ0) is 21.0. The molecule has 1 aliphatic heterocycles. The van der Waals surface area contributed by atoms with Gasteiger partial charge in [0.2, 0.25) is 0 Å². The summed E-state index contributed by atoms with van der Waals surface area (Å²) in [5.74, 6) is 0. The maximum Gasteiger partial charge on any atom is 0.323 e. The van der Waals surface area contributed by atoms with Crippen LogP contribution in [0.5, 0.6) is 0 Å². The largest absolute Gasteiger partial charge is 0.378 e. The number of amides is 2. The van der Waals surface area contributed by atoms with E-state index < -0.39 is 0 Å². The number of hydrogen-bond acceptors (Lipinski definition) is 6. The lowest BCUT2D eigenvalue weighted by atomic mass is 10.1. The number of aromatic nitrogens is 4. The number of anilines is 3. The van der Waals surface area contributed by atoms with Crippen LogP contribution in [0.4, 0.5) is 21.9 Å². The van der Waals surface area contributed by atoms with Crippen LogP contribution in [-0.2, 0) is 4.74 Å². The highest BCUT2D eigenvalue weighted by Gasteiger charge is 2.17. The normalized spacial score (nSPS) is 13.9. The van der Waals surface area contributed by atoms with E-state index in [-0.39, 0.29) is 6.03 Å². The van der Waals surface area contributed by atoms with Gasteiger partial charge in [-0.2, -0.15) is 5.10 Å². The van der Waals surface area contributed by atoms with Gasteiger partial charge in [-0.25, -0.2) is 14.3 Å². The van der Waals surface area contributed by atoms with Crippen molar-refractivity contribution in [1.29, 1.82) is 0 Å². The van der Waals surface area contributed by atoms with Crippen LogP contribution in [0.1, 0.15) is 0 Å². The monoisotopic (exact) mass is 415 g/mol. The Kier molecular flexibility index (Phi) is 5.16.